The Bertz CT molecular complexity index is 1510. The fraction of sp³-hybridized carbons (Fsp3) is 0.0526. The van der Waals surface area contributed by atoms with Gasteiger partial charge in [-0.2, -0.15) is 0 Å². The molecule has 0 aromatic heterocycles. The monoisotopic (exact) mass is 531 g/mol. The summed E-state index contributed by atoms with van der Waals surface area (Å²) in [5.41, 5.74) is 11.3. The van der Waals surface area contributed by atoms with Crippen molar-refractivity contribution >= 4 is 45.5 Å². The van der Waals surface area contributed by atoms with Gasteiger partial charge in [0.2, 0.25) is 0 Å². The number of rotatable bonds is 8. The predicted octanol–water partition coefficient (Wildman–Crippen LogP) is 11.0. The largest absolute Gasteiger partial charge is 0.356 e. The third kappa shape index (κ3) is 5.70. The summed E-state index contributed by atoms with van der Waals surface area (Å²) in [6.07, 6.45) is 0. The maximum atomic E-state index is 3.64. The van der Waals surface area contributed by atoms with Crippen LogP contribution < -0.4 is 15.1 Å². The topological polar surface area (TPSA) is 18.5 Å². The highest BCUT2D eigenvalue weighted by atomic mass is 15.1. The van der Waals surface area contributed by atoms with E-state index in [1.165, 1.54) is 11.1 Å². The molecule has 3 heteroatoms. The summed E-state index contributed by atoms with van der Waals surface area (Å²) in [7, 11) is 0. The fourth-order valence-corrected chi connectivity index (χ4v) is 5.30. The molecule has 0 fully saturated rings. The molecule has 200 valence electrons. The number of benzene rings is 6. The van der Waals surface area contributed by atoms with E-state index in [0.29, 0.717) is 0 Å². The Morgan fingerprint density at radius 1 is 0.366 bits per heavy atom. The molecule has 0 aliphatic rings. The number of hydrogen-bond donors (Lipinski definition) is 1. The van der Waals surface area contributed by atoms with E-state index in [-0.39, 0.29) is 0 Å². The zero-order valence-electron chi connectivity index (χ0n) is 23.4. The zero-order chi connectivity index (χ0) is 28.0. The van der Waals surface area contributed by atoms with Gasteiger partial charge in [0.05, 0.1) is 0 Å². The Morgan fingerprint density at radius 2 is 0.659 bits per heavy atom. The molecule has 6 rings (SSSR count). The average Bonchev–Trinajstić information content (AvgIpc) is 3.02. The highest BCUT2D eigenvalue weighted by Crippen LogP contribution is 2.39. The second kappa shape index (κ2) is 11.8. The van der Waals surface area contributed by atoms with Gasteiger partial charge in [0.1, 0.15) is 0 Å². The Morgan fingerprint density at radius 3 is 0.927 bits per heavy atom. The summed E-state index contributed by atoms with van der Waals surface area (Å²) in [5, 5.41) is 3.64. The standard InChI is InChI=1S/C38H33N3/c1-29-27-31(23-25-37(29)40(33-15-7-3-8-16-33)34-17-9-4-10-18-34)39-32-24-26-38(30(2)28-32)41(35-19-11-5-12-20-35)36-21-13-6-14-22-36/h3-28,39H,1-2H3. The molecule has 0 atom stereocenters. The van der Waals surface area contributed by atoms with Crippen LogP contribution in [0, 0.1) is 13.8 Å². The first-order valence-electron chi connectivity index (χ1n) is 14.0. The Labute approximate surface area is 243 Å². The van der Waals surface area contributed by atoms with Gasteiger partial charge in [-0.15, -0.1) is 0 Å². The summed E-state index contributed by atoms with van der Waals surface area (Å²) >= 11 is 0. The molecule has 0 heterocycles. The third-order valence-corrected chi connectivity index (χ3v) is 7.22. The first-order valence-corrected chi connectivity index (χ1v) is 14.0. The van der Waals surface area contributed by atoms with E-state index >= 15 is 0 Å². The number of nitrogens with one attached hydrogen (secondary N) is 1. The van der Waals surface area contributed by atoms with Crippen molar-refractivity contribution in [1.29, 1.82) is 0 Å². The average molecular weight is 532 g/mol. The lowest BCUT2D eigenvalue weighted by molar-refractivity contribution is 1.24. The first-order chi connectivity index (χ1) is 20.2. The van der Waals surface area contributed by atoms with Gasteiger partial charge >= 0.3 is 0 Å². The van der Waals surface area contributed by atoms with Crippen molar-refractivity contribution in [1.82, 2.24) is 0 Å². The minimum absolute atomic E-state index is 1.06. The third-order valence-electron chi connectivity index (χ3n) is 7.22. The van der Waals surface area contributed by atoms with E-state index in [4.69, 9.17) is 0 Å². The molecule has 0 aliphatic carbocycles. The van der Waals surface area contributed by atoms with Crippen LogP contribution in [0.1, 0.15) is 11.1 Å². The van der Waals surface area contributed by atoms with E-state index in [1.807, 2.05) is 0 Å². The van der Waals surface area contributed by atoms with E-state index in [1.54, 1.807) is 0 Å². The predicted molar refractivity (Wildman–Crippen MR) is 175 cm³/mol. The maximum Gasteiger partial charge on any atom is 0.0492 e. The maximum absolute atomic E-state index is 3.64. The van der Waals surface area contributed by atoms with Gasteiger partial charge in [-0.05, 0) is 110 Å². The van der Waals surface area contributed by atoms with E-state index in [2.05, 4.69) is 187 Å². The molecular formula is C38H33N3. The number of hydrogen-bond acceptors (Lipinski definition) is 3. The van der Waals surface area contributed by atoms with E-state index in [9.17, 15) is 0 Å². The molecule has 1 N–H and O–H groups in total. The molecule has 0 amide bonds. The molecule has 6 aromatic rings. The van der Waals surface area contributed by atoms with Crippen LogP contribution in [0.25, 0.3) is 0 Å². The zero-order valence-corrected chi connectivity index (χ0v) is 23.4. The van der Waals surface area contributed by atoms with Crippen LogP contribution in [0.15, 0.2) is 158 Å². The molecule has 41 heavy (non-hydrogen) atoms. The summed E-state index contributed by atoms with van der Waals surface area (Å²) in [4.78, 5) is 4.61. The lowest BCUT2D eigenvalue weighted by atomic mass is 10.1. The summed E-state index contributed by atoms with van der Waals surface area (Å²) in [5.74, 6) is 0. The van der Waals surface area contributed by atoms with Crippen LogP contribution >= 0.6 is 0 Å². The Kier molecular flexibility index (Phi) is 7.51. The molecule has 0 aliphatic heterocycles. The molecule has 0 saturated carbocycles. The van der Waals surface area contributed by atoms with Gasteiger partial charge in [0.15, 0.2) is 0 Å². The normalized spacial score (nSPS) is 10.7. The van der Waals surface area contributed by atoms with Crippen LogP contribution in [-0.4, -0.2) is 0 Å². The SMILES string of the molecule is Cc1cc(Nc2ccc(N(c3ccccc3)c3ccccc3)c(C)c2)ccc1N(c1ccccc1)c1ccccc1. The van der Waals surface area contributed by atoms with E-state index < -0.39 is 0 Å². The molecule has 3 nitrogen and oxygen atoms in total. The quantitative estimate of drug-likeness (QED) is 0.211. The van der Waals surface area contributed by atoms with Crippen molar-refractivity contribution in [2.45, 2.75) is 13.8 Å². The van der Waals surface area contributed by atoms with Gasteiger partial charge in [0, 0.05) is 45.5 Å². The van der Waals surface area contributed by atoms with Crippen LogP contribution in [-0.2, 0) is 0 Å². The first kappa shape index (κ1) is 26.0. The second-order valence-electron chi connectivity index (χ2n) is 10.1. The molecular weight excluding hydrogens is 498 g/mol. The van der Waals surface area contributed by atoms with Crippen LogP contribution in [0.4, 0.5) is 45.5 Å². The van der Waals surface area contributed by atoms with Crippen LogP contribution in [0.5, 0.6) is 0 Å². The van der Waals surface area contributed by atoms with Crippen molar-refractivity contribution in [2.24, 2.45) is 0 Å². The minimum Gasteiger partial charge on any atom is -0.356 e. The molecule has 0 bridgehead atoms. The highest BCUT2D eigenvalue weighted by molar-refractivity contribution is 5.82. The molecule has 0 spiro atoms. The van der Waals surface area contributed by atoms with Gasteiger partial charge < -0.3 is 15.1 Å². The number of nitrogens with zero attached hydrogens (tertiary/aromatic N) is 2. The smallest absolute Gasteiger partial charge is 0.0492 e. The number of para-hydroxylation sites is 4. The number of anilines is 8. The molecule has 0 radical (unpaired) electrons. The molecule has 6 aromatic carbocycles. The second-order valence-corrected chi connectivity index (χ2v) is 10.1. The van der Waals surface area contributed by atoms with Crippen molar-refractivity contribution in [3.05, 3.63) is 169 Å². The molecule has 0 saturated heterocycles. The van der Waals surface area contributed by atoms with Gasteiger partial charge in [-0.3, -0.25) is 0 Å². The fourth-order valence-electron chi connectivity index (χ4n) is 5.30. The Hall–Kier alpha value is -5.28. The summed E-state index contributed by atoms with van der Waals surface area (Å²) in [6, 6.07) is 55.2. The van der Waals surface area contributed by atoms with Crippen LogP contribution in [0.2, 0.25) is 0 Å². The lowest BCUT2D eigenvalue weighted by Gasteiger charge is -2.28. The summed E-state index contributed by atoms with van der Waals surface area (Å²) in [6.45, 7) is 4.34. The van der Waals surface area contributed by atoms with Crippen molar-refractivity contribution in [3.63, 3.8) is 0 Å². The van der Waals surface area contributed by atoms with E-state index in [0.717, 1.165) is 45.5 Å². The van der Waals surface area contributed by atoms with Gasteiger partial charge in [0.25, 0.3) is 0 Å². The van der Waals surface area contributed by atoms with Gasteiger partial charge in [-0.1, -0.05) is 72.8 Å². The minimum atomic E-state index is 1.06. The lowest BCUT2D eigenvalue weighted by Crippen LogP contribution is -2.11. The highest BCUT2D eigenvalue weighted by Gasteiger charge is 2.16. The van der Waals surface area contributed by atoms with Crippen molar-refractivity contribution < 1.29 is 0 Å². The van der Waals surface area contributed by atoms with Crippen LogP contribution in [0.3, 0.4) is 0 Å². The van der Waals surface area contributed by atoms with Crippen molar-refractivity contribution in [2.75, 3.05) is 15.1 Å². The number of aryl methyl sites for hydroxylation is 2. The Balaban J connectivity index is 1.30. The van der Waals surface area contributed by atoms with Crippen molar-refractivity contribution in [3.8, 4) is 0 Å². The summed E-state index contributed by atoms with van der Waals surface area (Å²) < 4.78 is 0. The van der Waals surface area contributed by atoms with Gasteiger partial charge in [-0.25, -0.2) is 0 Å². The molecule has 0 unspecified atom stereocenters.